The van der Waals surface area contributed by atoms with Crippen LogP contribution in [0.2, 0.25) is 0 Å². The van der Waals surface area contributed by atoms with Gasteiger partial charge in [0.05, 0.1) is 11.1 Å². The molecule has 4 aromatic rings. The first-order valence-corrected chi connectivity index (χ1v) is 9.74. The molecule has 31 heavy (non-hydrogen) atoms. The first kappa shape index (κ1) is 20.1. The summed E-state index contributed by atoms with van der Waals surface area (Å²) in [5.41, 5.74) is 2.56. The lowest BCUT2D eigenvalue weighted by Gasteiger charge is -2.18. The van der Waals surface area contributed by atoms with Gasteiger partial charge < -0.3 is 14.2 Å². The Hall–Kier alpha value is -4.19. The second kappa shape index (κ2) is 9.09. The minimum Gasteiger partial charge on any atom is -0.455 e. The summed E-state index contributed by atoms with van der Waals surface area (Å²) in [5, 5.41) is 3.96. The SMILES string of the molecule is CN(C(=O)c1ccccc1C(=O)OCc1cc(-c2ccccc2)on1)c1ccccc1. The molecule has 1 amide bonds. The maximum Gasteiger partial charge on any atom is 0.339 e. The minimum atomic E-state index is -0.602. The number of rotatable bonds is 6. The zero-order chi connectivity index (χ0) is 21.6. The Balaban J connectivity index is 1.47. The fourth-order valence-corrected chi connectivity index (χ4v) is 3.13. The first-order valence-electron chi connectivity index (χ1n) is 9.74. The molecule has 0 radical (unpaired) electrons. The largest absolute Gasteiger partial charge is 0.455 e. The molecule has 0 aliphatic heterocycles. The van der Waals surface area contributed by atoms with Crippen LogP contribution in [-0.4, -0.2) is 24.1 Å². The Kier molecular flexibility index (Phi) is 5.89. The number of benzene rings is 3. The van der Waals surface area contributed by atoms with Crippen molar-refractivity contribution in [2.75, 3.05) is 11.9 Å². The Labute approximate surface area is 179 Å². The third kappa shape index (κ3) is 4.53. The van der Waals surface area contributed by atoms with Crippen molar-refractivity contribution < 1.29 is 18.8 Å². The number of aromatic nitrogens is 1. The van der Waals surface area contributed by atoms with E-state index in [-0.39, 0.29) is 23.6 Å². The lowest BCUT2D eigenvalue weighted by Crippen LogP contribution is -2.28. The highest BCUT2D eigenvalue weighted by molar-refractivity contribution is 6.11. The van der Waals surface area contributed by atoms with E-state index in [9.17, 15) is 9.59 Å². The third-order valence-corrected chi connectivity index (χ3v) is 4.79. The van der Waals surface area contributed by atoms with Crippen LogP contribution in [0.5, 0.6) is 0 Å². The van der Waals surface area contributed by atoms with Gasteiger partial charge in [0.2, 0.25) is 0 Å². The summed E-state index contributed by atoms with van der Waals surface area (Å²) >= 11 is 0. The number of hydrogen-bond donors (Lipinski definition) is 0. The van der Waals surface area contributed by atoms with E-state index in [4.69, 9.17) is 9.26 Å². The van der Waals surface area contributed by atoms with Crippen LogP contribution in [0, 0.1) is 0 Å². The minimum absolute atomic E-state index is 0.0633. The van der Waals surface area contributed by atoms with Crippen LogP contribution < -0.4 is 4.90 Å². The van der Waals surface area contributed by atoms with Crippen molar-refractivity contribution in [2.45, 2.75) is 6.61 Å². The Morgan fingerprint density at radius 1 is 0.871 bits per heavy atom. The first-order chi connectivity index (χ1) is 15.1. The maximum absolute atomic E-state index is 13.0. The molecule has 154 valence electrons. The fraction of sp³-hybridized carbons (Fsp3) is 0.0800. The lowest BCUT2D eigenvalue weighted by atomic mass is 10.1. The van der Waals surface area contributed by atoms with Crippen LogP contribution in [0.1, 0.15) is 26.4 Å². The van der Waals surface area contributed by atoms with E-state index in [0.29, 0.717) is 11.5 Å². The topological polar surface area (TPSA) is 72.6 Å². The molecular weight excluding hydrogens is 392 g/mol. The zero-order valence-electron chi connectivity index (χ0n) is 16.9. The van der Waals surface area contributed by atoms with Crippen molar-refractivity contribution in [1.82, 2.24) is 5.16 Å². The molecule has 0 atom stereocenters. The van der Waals surface area contributed by atoms with Gasteiger partial charge in [0.15, 0.2) is 5.76 Å². The molecule has 4 rings (SSSR count). The molecule has 0 aliphatic carbocycles. The van der Waals surface area contributed by atoms with Gasteiger partial charge in [-0.25, -0.2) is 4.79 Å². The zero-order valence-corrected chi connectivity index (χ0v) is 16.9. The number of para-hydroxylation sites is 1. The van der Waals surface area contributed by atoms with Gasteiger partial charge in [-0.3, -0.25) is 4.79 Å². The molecule has 0 saturated heterocycles. The van der Waals surface area contributed by atoms with Crippen LogP contribution in [0.4, 0.5) is 5.69 Å². The summed E-state index contributed by atoms with van der Waals surface area (Å²) in [6.07, 6.45) is 0. The molecule has 6 heteroatoms. The van der Waals surface area contributed by atoms with Crippen LogP contribution in [0.3, 0.4) is 0 Å². The van der Waals surface area contributed by atoms with E-state index in [1.54, 1.807) is 37.4 Å². The normalized spacial score (nSPS) is 10.5. The quantitative estimate of drug-likeness (QED) is 0.418. The van der Waals surface area contributed by atoms with Crippen molar-refractivity contribution in [3.05, 3.63) is 108 Å². The van der Waals surface area contributed by atoms with Gasteiger partial charge >= 0.3 is 5.97 Å². The number of anilines is 1. The third-order valence-electron chi connectivity index (χ3n) is 4.79. The van der Waals surface area contributed by atoms with Gasteiger partial charge in [-0.1, -0.05) is 65.8 Å². The summed E-state index contributed by atoms with van der Waals surface area (Å²) in [7, 11) is 1.67. The predicted molar refractivity (Wildman–Crippen MR) is 117 cm³/mol. The van der Waals surface area contributed by atoms with E-state index < -0.39 is 5.97 Å². The van der Waals surface area contributed by atoms with Gasteiger partial charge in [0, 0.05) is 24.4 Å². The maximum atomic E-state index is 13.0. The number of nitrogens with zero attached hydrogens (tertiary/aromatic N) is 2. The number of carbonyl (C=O) groups is 2. The second-order valence-electron chi connectivity index (χ2n) is 6.87. The average Bonchev–Trinajstić information content (AvgIpc) is 3.32. The molecule has 0 saturated carbocycles. The Bertz CT molecular complexity index is 1190. The summed E-state index contributed by atoms with van der Waals surface area (Å²) in [6, 6.07) is 27.1. The summed E-state index contributed by atoms with van der Waals surface area (Å²) in [5.74, 6) is -0.312. The van der Waals surface area contributed by atoms with E-state index >= 15 is 0 Å². The highest BCUT2D eigenvalue weighted by Crippen LogP contribution is 2.21. The number of esters is 1. The smallest absolute Gasteiger partial charge is 0.339 e. The number of ether oxygens (including phenoxy) is 1. The van der Waals surface area contributed by atoms with Crippen molar-refractivity contribution in [3.63, 3.8) is 0 Å². The molecule has 3 aromatic carbocycles. The Morgan fingerprint density at radius 3 is 2.19 bits per heavy atom. The molecule has 1 heterocycles. The van der Waals surface area contributed by atoms with Gasteiger partial charge in [-0.05, 0) is 24.3 Å². The van der Waals surface area contributed by atoms with E-state index in [1.807, 2.05) is 60.7 Å². The number of amides is 1. The molecule has 1 aromatic heterocycles. The van der Waals surface area contributed by atoms with E-state index in [2.05, 4.69) is 5.16 Å². The van der Waals surface area contributed by atoms with Gasteiger partial charge in [0.1, 0.15) is 12.3 Å². The standard InChI is InChI=1S/C25H20N2O4/c1-27(20-12-6-3-7-13-20)24(28)21-14-8-9-15-22(21)25(29)30-17-19-16-23(31-26-19)18-10-4-2-5-11-18/h2-16H,17H2,1H3. The van der Waals surface area contributed by atoms with Gasteiger partial charge in [-0.15, -0.1) is 0 Å². The lowest BCUT2D eigenvalue weighted by molar-refractivity contribution is 0.0461. The molecule has 0 N–H and O–H groups in total. The molecular formula is C25H20N2O4. The molecule has 0 spiro atoms. The monoisotopic (exact) mass is 412 g/mol. The van der Waals surface area contributed by atoms with Gasteiger partial charge in [0.25, 0.3) is 5.91 Å². The summed E-state index contributed by atoms with van der Waals surface area (Å²) in [6.45, 7) is -0.0633. The highest BCUT2D eigenvalue weighted by atomic mass is 16.5. The van der Waals surface area contributed by atoms with Crippen molar-refractivity contribution >= 4 is 17.6 Å². The van der Waals surface area contributed by atoms with Crippen LogP contribution in [-0.2, 0) is 11.3 Å². The van der Waals surface area contributed by atoms with E-state index in [1.165, 1.54) is 4.90 Å². The van der Waals surface area contributed by atoms with Crippen LogP contribution in [0.15, 0.2) is 95.5 Å². The molecule has 0 bridgehead atoms. The van der Waals surface area contributed by atoms with Crippen LogP contribution in [0.25, 0.3) is 11.3 Å². The average molecular weight is 412 g/mol. The van der Waals surface area contributed by atoms with Crippen LogP contribution >= 0.6 is 0 Å². The summed E-state index contributed by atoms with van der Waals surface area (Å²) < 4.78 is 10.7. The van der Waals surface area contributed by atoms with Crippen molar-refractivity contribution in [3.8, 4) is 11.3 Å². The number of hydrogen-bond acceptors (Lipinski definition) is 5. The summed E-state index contributed by atoms with van der Waals surface area (Å²) in [4.78, 5) is 27.2. The van der Waals surface area contributed by atoms with Crippen molar-refractivity contribution in [2.24, 2.45) is 0 Å². The molecule has 0 fully saturated rings. The number of carbonyl (C=O) groups excluding carboxylic acids is 2. The fourth-order valence-electron chi connectivity index (χ4n) is 3.13. The molecule has 0 unspecified atom stereocenters. The second-order valence-corrected chi connectivity index (χ2v) is 6.87. The highest BCUT2D eigenvalue weighted by Gasteiger charge is 2.21. The Morgan fingerprint density at radius 2 is 1.48 bits per heavy atom. The van der Waals surface area contributed by atoms with Crippen molar-refractivity contribution in [1.29, 1.82) is 0 Å². The molecule has 0 aliphatic rings. The molecule has 6 nitrogen and oxygen atoms in total. The van der Waals surface area contributed by atoms with Gasteiger partial charge in [-0.2, -0.15) is 0 Å². The predicted octanol–water partition coefficient (Wildman–Crippen LogP) is 4.98. The van der Waals surface area contributed by atoms with E-state index in [0.717, 1.165) is 11.3 Å².